The summed E-state index contributed by atoms with van der Waals surface area (Å²) in [5.41, 5.74) is 3.32. The van der Waals surface area contributed by atoms with Crippen LogP contribution in [0.1, 0.15) is 13.7 Å². The molecule has 1 aromatic heterocycles. The van der Waals surface area contributed by atoms with Crippen molar-refractivity contribution in [1.82, 2.24) is 0 Å². The van der Waals surface area contributed by atoms with Crippen LogP contribution in [-0.2, 0) is 0 Å². The fourth-order valence-electron chi connectivity index (χ4n) is 5.72. The maximum Gasteiger partial charge on any atom is 0.136 e. The van der Waals surface area contributed by atoms with Gasteiger partial charge in [0, 0.05) is 16.3 Å². The molecule has 0 aliphatic rings. The molecule has 0 spiro atoms. The molecule has 0 N–H and O–H groups in total. The third-order valence-electron chi connectivity index (χ3n) is 7.24. The van der Waals surface area contributed by atoms with Crippen molar-refractivity contribution in [2.75, 3.05) is 0 Å². The number of para-hydroxylation sites is 1. The highest BCUT2D eigenvalue weighted by Crippen LogP contribution is 2.49. The van der Waals surface area contributed by atoms with Crippen molar-refractivity contribution in [3.05, 3.63) is 145 Å². The quantitative estimate of drug-likeness (QED) is 0.217. The lowest BCUT2D eigenvalue weighted by atomic mass is 9.83. The number of fused-ring (bicyclic) bond motifs is 5. The highest BCUT2D eigenvalue weighted by atomic mass is 16.3. The number of rotatable bonds is 3. The van der Waals surface area contributed by atoms with E-state index in [4.69, 9.17) is 18.1 Å². The maximum atomic E-state index is 9.05. The first-order valence-corrected chi connectivity index (χ1v) is 12.6. The smallest absolute Gasteiger partial charge is 0.136 e. The zero-order valence-corrected chi connectivity index (χ0v) is 20.5. The van der Waals surface area contributed by atoms with Crippen molar-refractivity contribution in [3.63, 3.8) is 0 Å². The largest absolute Gasteiger partial charge is 0.456 e. The van der Waals surface area contributed by atoms with Crippen LogP contribution in [0.2, 0.25) is 0 Å². The summed E-state index contributed by atoms with van der Waals surface area (Å²) in [5, 5.41) is 3.92. The van der Waals surface area contributed by atoms with Crippen LogP contribution in [0.3, 0.4) is 0 Å². The third kappa shape index (κ3) is 3.34. The topological polar surface area (TPSA) is 13.1 Å². The molecule has 8 aromatic rings. The van der Waals surface area contributed by atoms with Crippen molar-refractivity contribution in [2.45, 2.75) is 0 Å². The van der Waals surface area contributed by atoms with Crippen molar-refractivity contribution in [1.29, 1.82) is 0 Å². The number of furan rings is 1. The van der Waals surface area contributed by atoms with E-state index in [2.05, 4.69) is 0 Å². The van der Waals surface area contributed by atoms with Gasteiger partial charge in [0.1, 0.15) is 11.2 Å². The predicted molar refractivity (Wildman–Crippen MR) is 165 cm³/mol. The average Bonchev–Trinajstić information content (AvgIpc) is 3.50. The minimum absolute atomic E-state index is 0.0287. The van der Waals surface area contributed by atoms with Crippen molar-refractivity contribution in [3.8, 4) is 33.4 Å². The summed E-state index contributed by atoms with van der Waals surface area (Å²) >= 11 is 0. The Morgan fingerprint density at radius 2 is 0.897 bits per heavy atom. The van der Waals surface area contributed by atoms with Gasteiger partial charge in [-0.25, -0.2) is 0 Å². The predicted octanol–water partition coefficient (Wildman–Crippen LogP) is 10.9. The normalized spacial score (nSPS) is 15.2. The maximum absolute atomic E-state index is 9.05. The Labute approximate surface area is 240 Å². The Morgan fingerprint density at radius 3 is 1.49 bits per heavy atom. The van der Waals surface area contributed by atoms with Gasteiger partial charge < -0.3 is 4.42 Å². The Morgan fingerprint density at radius 1 is 0.410 bits per heavy atom. The van der Waals surface area contributed by atoms with Crippen LogP contribution in [0, 0.1) is 0 Å². The van der Waals surface area contributed by atoms with Gasteiger partial charge in [0.25, 0.3) is 0 Å². The van der Waals surface area contributed by atoms with Crippen LogP contribution in [0.5, 0.6) is 0 Å². The van der Waals surface area contributed by atoms with Crippen molar-refractivity contribution >= 4 is 43.5 Å². The lowest BCUT2D eigenvalue weighted by Crippen LogP contribution is -1.93. The number of hydrogen-bond acceptors (Lipinski definition) is 1. The summed E-state index contributed by atoms with van der Waals surface area (Å²) in [4.78, 5) is 0. The van der Waals surface area contributed by atoms with E-state index in [0.717, 1.165) is 0 Å². The summed E-state index contributed by atoms with van der Waals surface area (Å²) in [7, 11) is 0. The SMILES string of the molecule is [2H]c1c([2H])c([2H])c(-c2c3ccccc3c(-c3ccc4oc5ccccc5c4c3-c3c([2H])c([2H])c([2H])c([2H])c3[2H])c3ccccc23)c([2H])c1[2H]. The second-order valence-electron chi connectivity index (χ2n) is 9.30. The molecular formula is C38H24O. The number of benzene rings is 7. The minimum Gasteiger partial charge on any atom is -0.456 e. The Hall–Kier alpha value is -5.14. The van der Waals surface area contributed by atoms with Gasteiger partial charge >= 0.3 is 0 Å². The average molecular weight is 507 g/mol. The van der Waals surface area contributed by atoms with E-state index in [1.54, 1.807) is 0 Å². The lowest BCUT2D eigenvalue weighted by Gasteiger charge is -2.20. The zero-order chi connectivity index (χ0) is 34.5. The summed E-state index contributed by atoms with van der Waals surface area (Å²) < 4.78 is 92.5. The van der Waals surface area contributed by atoms with Gasteiger partial charge in [-0.05, 0) is 67.6 Å². The van der Waals surface area contributed by atoms with E-state index in [1.165, 1.54) is 0 Å². The second kappa shape index (κ2) is 8.72. The van der Waals surface area contributed by atoms with E-state index >= 15 is 0 Å². The first-order chi connectivity index (χ1) is 23.5. The second-order valence-corrected chi connectivity index (χ2v) is 9.30. The summed E-state index contributed by atoms with van der Waals surface area (Å²) in [6.07, 6.45) is 0. The Kier molecular flexibility index (Phi) is 3.16. The summed E-state index contributed by atoms with van der Waals surface area (Å²) in [6, 6.07) is 21.7. The molecule has 0 saturated heterocycles. The fourth-order valence-corrected chi connectivity index (χ4v) is 5.72. The lowest BCUT2D eigenvalue weighted by molar-refractivity contribution is 0.669. The molecule has 1 nitrogen and oxygen atoms in total. The van der Waals surface area contributed by atoms with E-state index in [1.807, 2.05) is 84.9 Å². The highest BCUT2D eigenvalue weighted by molar-refractivity contribution is 6.25. The van der Waals surface area contributed by atoms with E-state index in [9.17, 15) is 0 Å². The third-order valence-corrected chi connectivity index (χ3v) is 7.24. The van der Waals surface area contributed by atoms with E-state index < -0.39 is 36.3 Å². The molecule has 1 heteroatoms. The molecule has 1 heterocycles. The molecule has 0 saturated carbocycles. The van der Waals surface area contributed by atoms with Crippen molar-refractivity contribution in [2.24, 2.45) is 0 Å². The van der Waals surface area contributed by atoms with Gasteiger partial charge in [0.05, 0.1) is 13.7 Å². The Bertz CT molecular complexity index is 2620. The van der Waals surface area contributed by atoms with Crippen LogP contribution in [0.4, 0.5) is 0 Å². The van der Waals surface area contributed by atoms with Gasteiger partial charge in [0.2, 0.25) is 0 Å². The molecule has 0 radical (unpaired) electrons. The van der Waals surface area contributed by atoms with Gasteiger partial charge in [-0.2, -0.15) is 0 Å². The van der Waals surface area contributed by atoms with E-state index in [-0.39, 0.29) is 35.3 Å². The van der Waals surface area contributed by atoms with Crippen molar-refractivity contribution < 1.29 is 18.1 Å². The molecule has 0 unspecified atom stereocenters. The van der Waals surface area contributed by atoms with Gasteiger partial charge in [-0.1, -0.05) is 127 Å². The molecule has 0 bridgehead atoms. The summed E-state index contributed by atoms with van der Waals surface area (Å²) in [6.45, 7) is 0. The van der Waals surface area contributed by atoms with Crippen LogP contribution in [0.25, 0.3) is 76.9 Å². The van der Waals surface area contributed by atoms with E-state index in [0.29, 0.717) is 65.7 Å². The number of hydrogen-bond donors (Lipinski definition) is 0. The monoisotopic (exact) mass is 506 g/mol. The summed E-state index contributed by atoms with van der Waals surface area (Å²) in [5.74, 6) is 0. The standard InChI is InChI=1S/C38H24O/c1-3-13-25(14-4-1)35-27-17-7-9-19-29(27)37(30-20-10-8-18-28(30)35)32-23-24-34-38(31-21-11-12-22-33(31)39-34)36(32)26-15-5-2-6-16-26/h1-24H/i1D,2D,3D,4D,5D,6D,13D,14D,15D,16D. The molecule has 0 fully saturated rings. The molecule has 0 aliphatic heterocycles. The van der Waals surface area contributed by atoms with Gasteiger partial charge in [0.15, 0.2) is 0 Å². The minimum atomic E-state index is -0.497. The Balaban J connectivity index is 1.63. The highest BCUT2D eigenvalue weighted by Gasteiger charge is 2.22. The molecule has 182 valence electrons. The molecule has 8 rings (SSSR count). The molecular weight excluding hydrogens is 472 g/mol. The van der Waals surface area contributed by atoms with Crippen LogP contribution >= 0.6 is 0 Å². The van der Waals surface area contributed by atoms with Crippen LogP contribution in [0.15, 0.2) is 150 Å². The van der Waals surface area contributed by atoms with Crippen LogP contribution < -0.4 is 0 Å². The zero-order valence-electron chi connectivity index (χ0n) is 30.5. The molecule has 0 atom stereocenters. The molecule has 7 aromatic carbocycles. The molecule has 0 amide bonds. The first-order valence-electron chi connectivity index (χ1n) is 17.6. The first kappa shape index (κ1) is 14.1. The molecule has 39 heavy (non-hydrogen) atoms. The molecule has 0 aliphatic carbocycles. The van der Waals surface area contributed by atoms with Gasteiger partial charge in [-0.3, -0.25) is 0 Å². The van der Waals surface area contributed by atoms with Crippen LogP contribution in [-0.4, -0.2) is 0 Å². The van der Waals surface area contributed by atoms with Gasteiger partial charge in [-0.15, -0.1) is 0 Å². The fraction of sp³-hybridized carbons (Fsp3) is 0.